The van der Waals surface area contributed by atoms with Gasteiger partial charge in [0, 0.05) is 44.0 Å². The Labute approximate surface area is 228 Å². The largest absolute Gasteiger partial charge is 0.381 e. The van der Waals surface area contributed by atoms with Gasteiger partial charge in [-0.3, -0.25) is 9.78 Å². The van der Waals surface area contributed by atoms with E-state index in [9.17, 15) is 22.0 Å². The highest BCUT2D eigenvalue weighted by Crippen LogP contribution is 2.35. The molecule has 4 atom stereocenters. The summed E-state index contributed by atoms with van der Waals surface area (Å²) >= 11 is 0. The first-order valence-electron chi connectivity index (χ1n) is 13.6. The van der Waals surface area contributed by atoms with E-state index in [1.54, 1.807) is 22.9 Å². The van der Waals surface area contributed by atoms with Gasteiger partial charge in [-0.15, -0.1) is 0 Å². The number of piperazine rings is 1. The van der Waals surface area contributed by atoms with E-state index in [-0.39, 0.29) is 47.6 Å². The van der Waals surface area contributed by atoms with Crippen LogP contribution in [0.1, 0.15) is 49.1 Å². The van der Waals surface area contributed by atoms with Crippen LogP contribution in [0.4, 0.5) is 14.5 Å². The Balaban J connectivity index is 1.29. The highest BCUT2D eigenvalue weighted by Gasteiger charge is 2.38. The molecule has 1 amide bonds. The molecule has 4 heterocycles. The third kappa shape index (κ3) is 6.82. The number of aromatic nitrogens is 1. The standard InChI is InChI=1S/C28H35F2N4O4S/c29-21-5-3-19(4-6-21)25(20-9-11-38-12-10-20)14-28(35)33-27-17-31-16-26(30)24(27)8-7-23-15-32-22-2-1-13-39(36,37)34(23)18-22/h3-6,14,16-17,20,22-23,25,32H,1-2,7-13,15,18H2,(H,33,35)/t22-,23+,25+/m1/s1. The summed E-state index contributed by atoms with van der Waals surface area (Å²) in [5.41, 5.74) is 1.39. The minimum atomic E-state index is -3.36. The van der Waals surface area contributed by atoms with Crippen molar-refractivity contribution in [2.75, 3.05) is 37.4 Å². The van der Waals surface area contributed by atoms with Crippen molar-refractivity contribution in [3.8, 4) is 0 Å². The summed E-state index contributed by atoms with van der Waals surface area (Å²) in [6.07, 6.45) is 7.75. The fourth-order valence-corrected chi connectivity index (χ4v) is 7.79. The third-order valence-electron chi connectivity index (χ3n) is 8.11. The number of hydrogen-bond acceptors (Lipinski definition) is 6. The first kappa shape index (κ1) is 28.1. The van der Waals surface area contributed by atoms with Gasteiger partial charge in [0.1, 0.15) is 11.6 Å². The first-order chi connectivity index (χ1) is 18.8. The second-order valence-corrected chi connectivity index (χ2v) is 12.7. The van der Waals surface area contributed by atoms with Crippen LogP contribution in [0.5, 0.6) is 0 Å². The molecule has 2 N–H and O–H groups in total. The van der Waals surface area contributed by atoms with Crippen LogP contribution in [0.3, 0.4) is 0 Å². The fraction of sp³-hybridized carbons (Fsp3) is 0.536. The number of sulfonamides is 1. The summed E-state index contributed by atoms with van der Waals surface area (Å²) in [5.74, 6) is -1.27. The number of pyridine rings is 1. The molecule has 1 aromatic carbocycles. The average Bonchev–Trinajstić information content (AvgIpc) is 3.04. The molecule has 1 unspecified atom stereocenters. The molecule has 8 nitrogen and oxygen atoms in total. The van der Waals surface area contributed by atoms with Gasteiger partial charge in [0.15, 0.2) is 0 Å². The smallest absolute Gasteiger partial charge is 0.228 e. The zero-order valence-electron chi connectivity index (χ0n) is 21.8. The molecule has 0 aliphatic carbocycles. The Morgan fingerprint density at radius 1 is 1.18 bits per heavy atom. The van der Waals surface area contributed by atoms with Crippen LogP contribution in [-0.2, 0) is 26.0 Å². The molecular formula is C28H35F2N4O4S. The van der Waals surface area contributed by atoms with Gasteiger partial charge in [0.25, 0.3) is 0 Å². The second-order valence-electron chi connectivity index (χ2n) is 10.7. The normalized spacial score (nSPS) is 25.9. The highest BCUT2D eigenvalue weighted by molar-refractivity contribution is 7.89. The van der Waals surface area contributed by atoms with E-state index in [4.69, 9.17) is 4.74 Å². The number of fused-ring (bicyclic) bond motifs is 2. The average molecular weight is 562 g/mol. The Bertz CT molecular complexity index is 1250. The number of halogens is 2. The Kier molecular flexibility index (Phi) is 8.90. The van der Waals surface area contributed by atoms with Crippen molar-refractivity contribution in [1.82, 2.24) is 14.6 Å². The zero-order valence-corrected chi connectivity index (χ0v) is 22.6. The van der Waals surface area contributed by atoms with Crippen molar-refractivity contribution in [1.29, 1.82) is 0 Å². The van der Waals surface area contributed by atoms with Crippen LogP contribution in [0.25, 0.3) is 0 Å². The van der Waals surface area contributed by atoms with E-state index in [2.05, 4.69) is 15.6 Å². The molecular weight excluding hydrogens is 526 g/mol. The molecule has 3 aliphatic rings. The number of nitrogens with one attached hydrogen (secondary N) is 2. The molecule has 0 spiro atoms. The number of anilines is 1. The van der Waals surface area contributed by atoms with Gasteiger partial charge in [-0.2, -0.15) is 4.31 Å². The first-order valence-corrected chi connectivity index (χ1v) is 15.3. The van der Waals surface area contributed by atoms with E-state index in [0.717, 1.165) is 31.0 Å². The van der Waals surface area contributed by atoms with E-state index >= 15 is 0 Å². The second kappa shape index (κ2) is 12.4. The predicted molar refractivity (Wildman–Crippen MR) is 143 cm³/mol. The van der Waals surface area contributed by atoms with Gasteiger partial charge in [-0.25, -0.2) is 17.2 Å². The minimum Gasteiger partial charge on any atom is -0.381 e. The van der Waals surface area contributed by atoms with Crippen LogP contribution in [0.15, 0.2) is 36.7 Å². The summed E-state index contributed by atoms with van der Waals surface area (Å²) in [6, 6.07) is 6.00. The van der Waals surface area contributed by atoms with Crippen LogP contribution in [0.2, 0.25) is 0 Å². The van der Waals surface area contributed by atoms with Crippen molar-refractivity contribution in [3.63, 3.8) is 0 Å². The Hall–Kier alpha value is -2.47. The summed E-state index contributed by atoms with van der Waals surface area (Å²) in [7, 11) is -3.36. The summed E-state index contributed by atoms with van der Waals surface area (Å²) < 4.78 is 61.2. The predicted octanol–water partition coefficient (Wildman–Crippen LogP) is 3.41. The third-order valence-corrected chi connectivity index (χ3v) is 10.1. The molecule has 3 aliphatic heterocycles. The lowest BCUT2D eigenvalue weighted by atomic mass is 9.79. The van der Waals surface area contributed by atoms with Crippen molar-refractivity contribution >= 4 is 21.6 Å². The molecule has 5 rings (SSSR count). The van der Waals surface area contributed by atoms with Crippen LogP contribution >= 0.6 is 0 Å². The van der Waals surface area contributed by atoms with Crippen LogP contribution in [0, 0.1) is 24.0 Å². The summed E-state index contributed by atoms with van der Waals surface area (Å²) in [6.45, 7) is 2.14. The van der Waals surface area contributed by atoms with Gasteiger partial charge in [-0.05, 0) is 68.1 Å². The number of carbonyl (C=O) groups is 1. The number of benzene rings is 1. The molecule has 39 heavy (non-hydrogen) atoms. The number of hydrogen-bond donors (Lipinski definition) is 2. The van der Waals surface area contributed by atoms with Crippen molar-refractivity contribution in [2.24, 2.45) is 5.92 Å². The summed E-state index contributed by atoms with van der Waals surface area (Å²) in [4.78, 5) is 17.2. The van der Waals surface area contributed by atoms with Gasteiger partial charge in [0.2, 0.25) is 15.9 Å². The number of amides is 1. The molecule has 3 fully saturated rings. The monoisotopic (exact) mass is 561 g/mol. The van der Waals surface area contributed by atoms with E-state index in [1.165, 1.54) is 18.3 Å². The SMILES string of the molecule is O=C([CH][C@@H](c1ccc(F)cc1)C1CCOCC1)Nc1cncc(F)c1CC[C@H]1CN[C@@H]2CCCS(=O)(=O)N1C2. The maximum absolute atomic E-state index is 15.0. The van der Waals surface area contributed by atoms with Crippen molar-refractivity contribution in [2.45, 2.75) is 56.5 Å². The number of rotatable bonds is 8. The minimum absolute atomic E-state index is 0.130. The van der Waals surface area contributed by atoms with Crippen molar-refractivity contribution < 1.29 is 26.7 Å². The van der Waals surface area contributed by atoms with Crippen LogP contribution in [-0.4, -0.2) is 67.8 Å². The highest BCUT2D eigenvalue weighted by atomic mass is 32.2. The molecule has 1 aromatic heterocycles. The van der Waals surface area contributed by atoms with Crippen molar-refractivity contribution in [3.05, 3.63) is 65.8 Å². The molecule has 211 valence electrons. The molecule has 2 bridgehead atoms. The molecule has 3 saturated heterocycles. The van der Waals surface area contributed by atoms with Crippen LogP contribution < -0.4 is 10.6 Å². The Morgan fingerprint density at radius 2 is 1.95 bits per heavy atom. The van der Waals surface area contributed by atoms with E-state index in [0.29, 0.717) is 44.7 Å². The maximum Gasteiger partial charge on any atom is 0.228 e. The molecule has 0 saturated carbocycles. The molecule has 1 radical (unpaired) electrons. The maximum atomic E-state index is 15.0. The number of carbonyl (C=O) groups excluding carboxylic acids is 1. The molecule has 11 heteroatoms. The van der Waals surface area contributed by atoms with Gasteiger partial charge < -0.3 is 15.4 Å². The Morgan fingerprint density at radius 3 is 2.72 bits per heavy atom. The lowest BCUT2D eigenvalue weighted by Gasteiger charge is -2.37. The fourth-order valence-electron chi connectivity index (χ4n) is 5.98. The molecule has 2 aromatic rings. The van der Waals surface area contributed by atoms with E-state index < -0.39 is 21.7 Å². The number of ether oxygens (including phenoxy) is 1. The quantitative estimate of drug-likeness (QED) is 0.513. The lowest BCUT2D eigenvalue weighted by molar-refractivity contribution is -0.113. The zero-order chi connectivity index (χ0) is 27.4. The number of nitrogens with zero attached hydrogens (tertiary/aromatic N) is 2. The van der Waals surface area contributed by atoms with Gasteiger partial charge in [0.05, 0.1) is 30.3 Å². The lowest BCUT2D eigenvalue weighted by Crippen LogP contribution is -2.57. The topological polar surface area (TPSA) is 101 Å². The van der Waals surface area contributed by atoms with Gasteiger partial charge >= 0.3 is 0 Å². The van der Waals surface area contributed by atoms with Gasteiger partial charge in [-0.1, -0.05) is 12.1 Å². The summed E-state index contributed by atoms with van der Waals surface area (Å²) in [5, 5.41) is 6.24. The van der Waals surface area contributed by atoms with E-state index in [1.807, 2.05) is 0 Å².